The van der Waals surface area contributed by atoms with E-state index in [2.05, 4.69) is 5.32 Å². The van der Waals surface area contributed by atoms with Gasteiger partial charge in [-0.3, -0.25) is 24.5 Å². The molecular formula is C29H28ClN5O5. The molecule has 0 radical (unpaired) electrons. The normalized spacial score (nSPS) is 16.3. The van der Waals surface area contributed by atoms with Crippen LogP contribution in [0.25, 0.3) is 0 Å². The summed E-state index contributed by atoms with van der Waals surface area (Å²) in [5, 5.41) is 13.9. The highest BCUT2D eigenvalue weighted by molar-refractivity contribution is 6.34. The van der Waals surface area contributed by atoms with E-state index in [4.69, 9.17) is 11.6 Å². The number of halogens is 1. The van der Waals surface area contributed by atoms with Gasteiger partial charge in [-0.2, -0.15) is 0 Å². The Kier molecular flexibility index (Phi) is 7.70. The average molecular weight is 562 g/mol. The van der Waals surface area contributed by atoms with Crippen molar-refractivity contribution < 1.29 is 19.3 Å². The molecule has 206 valence electrons. The molecule has 3 amide bonds. The van der Waals surface area contributed by atoms with E-state index in [0.29, 0.717) is 19.4 Å². The van der Waals surface area contributed by atoms with E-state index in [-0.39, 0.29) is 60.3 Å². The molecule has 0 bridgehead atoms. The number of amides is 3. The van der Waals surface area contributed by atoms with Crippen LogP contribution in [0.15, 0.2) is 78.9 Å². The first-order chi connectivity index (χ1) is 19.3. The van der Waals surface area contributed by atoms with Crippen LogP contribution in [0.4, 0.5) is 11.4 Å². The summed E-state index contributed by atoms with van der Waals surface area (Å²) in [4.78, 5) is 55.6. The lowest BCUT2D eigenvalue weighted by atomic mass is 9.85. The lowest BCUT2D eigenvalue weighted by Gasteiger charge is -2.43. The maximum atomic E-state index is 13.9. The van der Waals surface area contributed by atoms with E-state index in [1.54, 1.807) is 9.80 Å². The van der Waals surface area contributed by atoms with Gasteiger partial charge < -0.3 is 20.0 Å². The number of nitro groups is 1. The second kappa shape index (κ2) is 11.4. The van der Waals surface area contributed by atoms with Crippen LogP contribution < -0.4 is 10.2 Å². The van der Waals surface area contributed by atoms with E-state index >= 15 is 0 Å². The minimum absolute atomic E-state index is 0.00929. The molecule has 0 aliphatic carbocycles. The number of non-ortho nitro benzene ring substituents is 1. The Morgan fingerprint density at radius 3 is 2.25 bits per heavy atom. The molecule has 0 aromatic heterocycles. The van der Waals surface area contributed by atoms with Crippen molar-refractivity contribution in [3.63, 3.8) is 0 Å². The second-order valence-corrected chi connectivity index (χ2v) is 10.3. The number of carbonyl (C=O) groups is 3. The van der Waals surface area contributed by atoms with Crippen LogP contribution in [0.5, 0.6) is 0 Å². The summed E-state index contributed by atoms with van der Waals surface area (Å²) in [6.07, 6.45) is 0.721. The number of nitro benzene ring substituents is 1. The predicted octanol–water partition coefficient (Wildman–Crippen LogP) is 3.85. The largest absolute Gasteiger partial charge is 0.350 e. The molecule has 40 heavy (non-hydrogen) atoms. The summed E-state index contributed by atoms with van der Waals surface area (Å²) in [5.41, 5.74) is 0.911. The summed E-state index contributed by atoms with van der Waals surface area (Å²) in [6.45, 7) is 1.13. The standard InChI is InChI=1S/C29H28ClN5O5/c30-25-17-23(35(39)40)11-12-24(25)27(37)32-15-13-29(14-16-32)28(38)33(20-34(29)22-9-5-2-6-10-22)19-26(36)31-18-21-7-3-1-4-8-21/h1-12,17H,13-16,18-20H2,(H,31,36). The van der Waals surface area contributed by atoms with Crippen LogP contribution in [0.2, 0.25) is 5.02 Å². The van der Waals surface area contributed by atoms with Gasteiger partial charge in [-0.25, -0.2) is 0 Å². The van der Waals surface area contributed by atoms with Crippen molar-refractivity contribution in [2.24, 2.45) is 0 Å². The fourth-order valence-corrected chi connectivity index (χ4v) is 5.64. The SMILES string of the molecule is O=C(CN1CN(c2ccccc2)C2(CCN(C(=O)c3ccc([N+](=O)[O-])cc3Cl)CC2)C1=O)NCc1ccccc1. The number of para-hydroxylation sites is 1. The highest BCUT2D eigenvalue weighted by atomic mass is 35.5. The van der Waals surface area contributed by atoms with Gasteiger partial charge in [0.05, 0.1) is 22.2 Å². The van der Waals surface area contributed by atoms with Crippen molar-refractivity contribution in [3.8, 4) is 0 Å². The summed E-state index contributed by atoms with van der Waals surface area (Å²) in [7, 11) is 0. The maximum Gasteiger partial charge on any atom is 0.270 e. The number of rotatable bonds is 7. The molecule has 2 aliphatic heterocycles. The summed E-state index contributed by atoms with van der Waals surface area (Å²) in [6, 6.07) is 22.9. The maximum absolute atomic E-state index is 13.9. The molecule has 3 aromatic carbocycles. The third-order valence-electron chi connectivity index (χ3n) is 7.52. The molecule has 3 aromatic rings. The Labute approximate surface area is 236 Å². The molecule has 0 unspecified atom stereocenters. The Hall–Kier alpha value is -4.44. The smallest absolute Gasteiger partial charge is 0.270 e. The second-order valence-electron chi connectivity index (χ2n) is 9.92. The third kappa shape index (κ3) is 5.35. The first-order valence-electron chi connectivity index (χ1n) is 12.9. The number of benzene rings is 3. The van der Waals surface area contributed by atoms with Crippen LogP contribution in [0, 0.1) is 10.1 Å². The van der Waals surface area contributed by atoms with Gasteiger partial charge >= 0.3 is 0 Å². The molecular weight excluding hydrogens is 534 g/mol. The lowest BCUT2D eigenvalue weighted by molar-refractivity contribution is -0.384. The van der Waals surface area contributed by atoms with Crippen molar-refractivity contribution in [1.82, 2.24) is 15.1 Å². The highest BCUT2D eigenvalue weighted by Crippen LogP contribution is 2.40. The molecule has 10 nitrogen and oxygen atoms in total. The first kappa shape index (κ1) is 27.1. The summed E-state index contributed by atoms with van der Waals surface area (Å²) in [5.74, 6) is -0.738. The van der Waals surface area contributed by atoms with Crippen LogP contribution >= 0.6 is 11.6 Å². The Balaban J connectivity index is 1.31. The molecule has 2 saturated heterocycles. The van der Waals surface area contributed by atoms with E-state index in [9.17, 15) is 24.5 Å². The van der Waals surface area contributed by atoms with Crippen molar-refractivity contribution in [2.45, 2.75) is 24.9 Å². The molecule has 11 heteroatoms. The topological polar surface area (TPSA) is 116 Å². The predicted molar refractivity (Wildman–Crippen MR) is 150 cm³/mol. The number of likely N-dealkylation sites (tertiary alicyclic amines) is 1. The molecule has 5 rings (SSSR count). The van der Waals surface area contributed by atoms with Gasteiger partial charge in [-0.15, -0.1) is 0 Å². The van der Waals surface area contributed by atoms with E-state index in [1.807, 2.05) is 65.6 Å². The minimum Gasteiger partial charge on any atom is -0.350 e. The number of nitrogens with zero attached hydrogens (tertiary/aromatic N) is 4. The third-order valence-corrected chi connectivity index (χ3v) is 7.83. The van der Waals surface area contributed by atoms with Crippen molar-refractivity contribution in [2.75, 3.05) is 31.2 Å². The zero-order valence-corrected chi connectivity index (χ0v) is 22.4. The number of nitrogens with one attached hydrogen (secondary N) is 1. The molecule has 0 saturated carbocycles. The first-order valence-corrected chi connectivity index (χ1v) is 13.3. The van der Waals surface area contributed by atoms with E-state index in [0.717, 1.165) is 11.3 Å². The number of piperidine rings is 1. The van der Waals surface area contributed by atoms with Crippen molar-refractivity contribution >= 4 is 40.7 Å². The van der Waals surface area contributed by atoms with Crippen LogP contribution in [-0.2, 0) is 16.1 Å². The molecule has 2 fully saturated rings. The highest BCUT2D eigenvalue weighted by Gasteiger charge is 2.54. The molecule has 2 aliphatic rings. The monoisotopic (exact) mass is 561 g/mol. The summed E-state index contributed by atoms with van der Waals surface area (Å²) < 4.78 is 0. The van der Waals surface area contributed by atoms with Gasteiger partial charge in [0.2, 0.25) is 5.91 Å². The number of anilines is 1. The zero-order valence-electron chi connectivity index (χ0n) is 21.7. The van der Waals surface area contributed by atoms with Gasteiger partial charge in [-0.1, -0.05) is 60.1 Å². The number of hydrogen-bond donors (Lipinski definition) is 1. The van der Waals surface area contributed by atoms with Gasteiger partial charge in [0.15, 0.2) is 0 Å². The lowest BCUT2D eigenvalue weighted by Crippen LogP contribution is -2.57. The van der Waals surface area contributed by atoms with Gasteiger partial charge in [0, 0.05) is 37.5 Å². The van der Waals surface area contributed by atoms with Gasteiger partial charge in [-0.05, 0) is 36.6 Å². The Morgan fingerprint density at radius 2 is 1.62 bits per heavy atom. The molecule has 2 heterocycles. The van der Waals surface area contributed by atoms with Crippen LogP contribution in [0.1, 0.15) is 28.8 Å². The average Bonchev–Trinajstić information content (AvgIpc) is 3.23. The van der Waals surface area contributed by atoms with Crippen molar-refractivity contribution in [1.29, 1.82) is 0 Å². The van der Waals surface area contributed by atoms with E-state index < -0.39 is 10.5 Å². The Morgan fingerprint density at radius 1 is 0.975 bits per heavy atom. The number of carbonyl (C=O) groups excluding carboxylic acids is 3. The Bertz CT molecular complexity index is 1430. The summed E-state index contributed by atoms with van der Waals surface area (Å²) >= 11 is 6.21. The quantitative estimate of drug-likeness (QED) is 0.346. The molecule has 0 atom stereocenters. The zero-order chi connectivity index (χ0) is 28.3. The van der Waals surface area contributed by atoms with E-state index in [1.165, 1.54) is 18.2 Å². The van der Waals surface area contributed by atoms with Crippen LogP contribution in [-0.4, -0.2) is 64.3 Å². The minimum atomic E-state index is -0.906. The molecule has 1 N–H and O–H groups in total. The fraction of sp³-hybridized carbons (Fsp3) is 0.276. The van der Waals surface area contributed by atoms with Crippen LogP contribution in [0.3, 0.4) is 0 Å². The molecule has 1 spiro atoms. The fourth-order valence-electron chi connectivity index (χ4n) is 5.39. The van der Waals surface area contributed by atoms with Gasteiger partial charge in [0.1, 0.15) is 12.1 Å². The van der Waals surface area contributed by atoms with Crippen molar-refractivity contribution in [3.05, 3.63) is 105 Å². The van der Waals surface area contributed by atoms with Gasteiger partial charge in [0.25, 0.3) is 17.5 Å². The number of hydrogen-bond acceptors (Lipinski definition) is 6.